The van der Waals surface area contributed by atoms with E-state index in [1.165, 1.54) is 11.2 Å². The second kappa shape index (κ2) is 7.97. The summed E-state index contributed by atoms with van der Waals surface area (Å²) >= 11 is 5.92. The molecule has 29 heavy (non-hydrogen) atoms. The Morgan fingerprint density at radius 3 is 2.38 bits per heavy atom. The number of Topliss-reactive ketones (excluding diaryl/α,β-unsaturated/α-hetero) is 1. The van der Waals surface area contributed by atoms with Crippen molar-refractivity contribution in [1.29, 1.82) is 0 Å². The first-order valence-corrected chi connectivity index (χ1v) is 9.55. The Bertz CT molecular complexity index is 1060. The van der Waals surface area contributed by atoms with Crippen LogP contribution in [0.4, 0.5) is 0 Å². The minimum absolute atomic E-state index is 0.0142. The van der Waals surface area contributed by atoms with Gasteiger partial charge in [-0.1, -0.05) is 41.9 Å². The summed E-state index contributed by atoms with van der Waals surface area (Å²) in [5.41, 5.74) is 1.47. The molecule has 1 amide bonds. The topological polar surface area (TPSA) is 70.8 Å². The third-order valence-electron chi connectivity index (χ3n) is 4.95. The van der Waals surface area contributed by atoms with Gasteiger partial charge in [0.05, 0.1) is 11.8 Å². The van der Waals surface area contributed by atoms with Crippen LogP contribution >= 0.6 is 11.6 Å². The Morgan fingerprint density at radius 2 is 1.72 bits per heavy atom. The van der Waals surface area contributed by atoms with Gasteiger partial charge >= 0.3 is 0 Å². The number of ketones is 1. The molecule has 1 saturated heterocycles. The molecule has 3 aromatic rings. The van der Waals surface area contributed by atoms with Crippen LogP contribution < -0.4 is 0 Å². The molecule has 5 nitrogen and oxygen atoms in total. The molecule has 6 heteroatoms. The lowest BCUT2D eigenvalue weighted by Crippen LogP contribution is -2.31. The van der Waals surface area contributed by atoms with Gasteiger partial charge in [-0.3, -0.25) is 9.59 Å². The number of rotatable bonds is 5. The minimum atomic E-state index is -0.788. The van der Waals surface area contributed by atoms with Gasteiger partial charge in [-0.15, -0.1) is 0 Å². The van der Waals surface area contributed by atoms with Crippen molar-refractivity contribution in [3.8, 4) is 0 Å². The predicted octanol–water partition coefficient (Wildman–Crippen LogP) is 4.60. The van der Waals surface area contributed by atoms with E-state index in [1.54, 1.807) is 36.4 Å². The van der Waals surface area contributed by atoms with Gasteiger partial charge in [0.15, 0.2) is 0 Å². The molecule has 0 bridgehead atoms. The molecule has 2 aromatic carbocycles. The van der Waals surface area contributed by atoms with Crippen molar-refractivity contribution in [3.63, 3.8) is 0 Å². The number of amides is 1. The first-order valence-electron chi connectivity index (χ1n) is 9.18. The van der Waals surface area contributed by atoms with Crippen molar-refractivity contribution in [1.82, 2.24) is 4.90 Å². The molecule has 4 rings (SSSR count). The van der Waals surface area contributed by atoms with Crippen LogP contribution in [0.1, 0.15) is 22.9 Å². The second-order valence-electron chi connectivity index (χ2n) is 6.75. The molecule has 1 N–H and O–H groups in total. The zero-order valence-corrected chi connectivity index (χ0v) is 16.2. The zero-order valence-electron chi connectivity index (χ0n) is 15.4. The van der Waals surface area contributed by atoms with Crippen molar-refractivity contribution in [3.05, 3.63) is 100 Å². The van der Waals surface area contributed by atoms with Gasteiger partial charge in [-0.25, -0.2) is 0 Å². The number of benzene rings is 2. The maximum atomic E-state index is 12.8. The van der Waals surface area contributed by atoms with Crippen molar-refractivity contribution in [2.75, 3.05) is 6.54 Å². The van der Waals surface area contributed by atoms with E-state index >= 15 is 0 Å². The molecule has 0 saturated carbocycles. The van der Waals surface area contributed by atoms with E-state index < -0.39 is 17.7 Å². The van der Waals surface area contributed by atoms with E-state index in [-0.39, 0.29) is 11.3 Å². The maximum Gasteiger partial charge on any atom is 0.295 e. The number of halogens is 1. The molecular weight excluding hydrogens is 390 g/mol. The van der Waals surface area contributed by atoms with Gasteiger partial charge in [-0.05, 0) is 48.4 Å². The summed E-state index contributed by atoms with van der Waals surface area (Å²) < 4.78 is 5.52. The first kappa shape index (κ1) is 19.0. The number of carbonyl (C=O) groups excluding carboxylic acids is 2. The fourth-order valence-corrected chi connectivity index (χ4v) is 3.64. The predicted molar refractivity (Wildman–Crippen MR) is 109 cm³/mol. The van der Waals surface area contributed by atoms with Gasteiger partial charge in [0.25, 0.3) is 11.7 Å². The summed E-state index contributed by atoms with van der Waals surface area (Å²) in [5.74, 6) is -1.21. The smallest absolute Gasteiger partial charge is 0.295 e. The van der Waals surface area contributed by atoms with E-state index in [0.717, 1.165) is 5.56 Å². The standard InChI is InChI=1S/C23H18ClNO4/c24-17-10-8-16(9-11-17)21(26)19-20(18-7-4-14-29-18)25(23(28)22(19)27)13-12-15-5-2-1-3-6-15/h1-11,14,20,26H,12-13H2. The van der Waals surface area contributed by atoms with E-state index in [4.69, 9.17) is 16.0 Å². The van der Waals surface area contributed by atoms with Crippen LogP contribution in [-0.2, 0) is 16.0 Å². The highest BCUT2D eigenvalue weighted by molar-refractivity contribution is 6.46. The van der Waals surface area contributed by atoms with Crippen LogP contribution in [0.5, 0.6) is 0 Å². The third kappa shape index (κ3) is 3.69. The molecule has 2 heterocycles. The molecule has 0 aliphatic carbocycles. The molecule has 1 aliphatic heterocycles. The van der Waals surface area contributed by atoms with Gasteiger partial charge in [0, 0.05) is 17.1 Å². The van der Waals surface area contributed by atoms with Crippen molar-refractivity contribution in [2.45, 2.75) is 12.5 Å². The molecule has 1 fully saturated rings. The third-order valence-corrected chi connectivity index (χ3v) is 5.21. The van der Waals surface area contributed by atoms with E-state index in [1.807, 2.05) is 30.3 Å². The number of aliphatic hydroxyl groups excluding tert-OH is 1. The Labute approximate surface area is 172 Å². The first-order chi connectivity index (χ1) is 14.1. The monoisotopic (exact) mass is 407 g/mol. The summed E-state index contributed by atoms with van der Waals surface area (Å²) in [5, 5.41) is 11.4. The Morgan fingerprint density at radius 1 is 1.00 bits per heavy atom. The fraction of sp³-hybridized carbons (Fsp3) is 0.130. The summed E-state index contributed by atoms with van der Waals surface area (Å²) in [6.07, 6.45) is 2.06. The van der Waals surface area contributed by atoms with Crippen LogP contribution in [0.25, 0.3) is 5.76 Å². The van der Waals surface area contributed by atoms with Crippen molar-refractivity contribution in [2.24, 2.45) is 0 Å². The van der Waals surface area contributed by atoms with Crippen LogP contribution in [-0.4, -0.2) is 28.2 Å². The minimum Gasteiger partial charge on any atom is -0.507 e. The molecule has 1 aliphatic rings. The summed E-state index contributed by atoms with van der Waals surface area (Å²) in [7, 11) is 0. The van der Waals surface area contributed by atoms with Gasteiger partial charge < -0.3 is 14.4 Å². The van der Waals surface area contributed by atoms with Crippen LogP contribution in [0.15, 0.2) is 83.0 Å². The van der Waals surface area contributed by atoms with E-state index in [0.29, 0.717) is 29.3 Å². The Balaban J connectivity index is 1.74. The number of likely N-dealkylation sites (tertiary alicyclic amines) is 1. The summed E-state index contributed by atoms with van der Waals surface area (Å²) in [6, 6.07) is 18.7. The number of hydrogen-bond acceptors (Lipinski definition) is 4. The van der Waals surface area contributed by atoms with Crippen molar-refractivity contribution >= 4 is 29.1 Å². The average Bonchev–Trinajstić information content (AvgIpc) is 3.35. The fourth-order valence-electron chi connectivity index (χ4n) is 3.51. The van der Waals surface area contributed by atoms with Gasteiger partial charge in [0.1, 0.15) is 17.6 Å². The number of carbonyl (C=O) groups is 2. The zero-order chi connectivity index (χ0) is 20.4. The normalized spacial score (nSPS) is 18.4. The summed E-state index contributed by atoms with van der Waals surface area (Å²) in [6.45, 7) is 0.317. The molecule has 0 radical (unpaired) electrons. The van der Waals surface area contributed by atoms with E-state index in [9.17, 15) is 14.7 Å². The lowest BCUT2D eigenvalue weighted by molar-refractivity contribution is -0.140. The molecule has 146 valence electrons. The van der Waals surface area contributed by atoms with Gasteiger partial charge in [0.2, 0.25) is 0 Å². The van der Waals surface area contributed by atoms with Crippen LogP contribution in [0.3, 0.4) is 0 Å². The Hall–Kier alpha value is -3.31. The van der Waals surface area contributed by atoms with Gasteiger partial charge in [-0.2, -0.15) is 0 Å². The molecule has 0 spiro atoms. The Kier molecular flexibility index (Phi) is 5.23. The van der Waals surface area contributed by atoms with Crippen molar-refractivity contribution < 1.29 is 19.1 Å². The highest BCUT2D eigenvalue weighted by atomic mass is 35.5. The highest BCUT2D eigenvalue weighted by Crippen LogP contribution is 2.39. The molecule has 1 unspecified atom stereocenters. The largest absolute Gasteiger partial charge is 0.507 e. The maximum absolute atomic E-state index is 12.8. The summed E-state index contributed by atoms with van der Waals surface area (Å²) in [4.78, 5) is 27.1. The number of aliphatic hydroxyl groups is 1. The molecular formula is C23H18ClNO4. The molecule has 1 aromatic heterocycles. The quantitative estimate of drug-likeness (QED) is 0.381. The highest BCUT2D eigenvalue weighted by Gasteiger charge is 2.47. The second-order valence-corrected chi connectivity index (χ2v) is 7.19. The lowest BCUT2D eigenvalue weighted by Gasteiger charge is -2.23. The average molecular weight is 408 g/mol. The van der Waals surface area contributed by atoms with Crippen LogP contribution in [0.2, 0.25) is 5.02 Å². The SMILES string of the molecule is O=C1C(=O)N(CCc2ccccc2)C(c2ccco2)C1=C(O)c1ccc(Cl)cc1. The lowest BCUT2D eigenvalue weighted by atomic mass is 9.99. The molecule has 1 atom stereocenters. The number of nitrogens with zero attached hydrogens (tertiary/aromatic N) is 1. The number of hydrogen-bond donors (Lipinski definition) is 1. The number of furan rings is 1. The van der Waals surface area contributed by atoms with Crippen LogP contribution in [0, 0.1) is 0 Å². The van der Waals surface area contributed by atoms with E-state index in [2.05, 4.69) is 0 Å².